The molecule has 0 aromatic heterocycles. The van der Waals surface area contributed by atoms with E-state index < -0.39 is 4.92 Å². The third kappa shape index (κ3) is 5.11. The van der Waals surface area contributed by atoms with Gasteiger partial charge in [-0.1, -0.05) is 41.4 Å². The van der Waals surface area contributed by atoms with Crippen molar-refractivity contribution >= 4 is 34.8 Å². The summed E-state index contributed by atoms with van der Waals surface area (Å²) < 4.78 is 0. The van der Waals surface area contributed by atoms with E-state index >= 15 is 0 Å². The molecule has 0 bridgehead atoms. The zero-order valence-corrected chi connectivity index (χ0v) is 14.4. The summed E-state index contributed by atoms with van der Waals surface area (Å²) in [6.45, 7) is 0.988. The van der Waals surface area contributed by atoms with Crippen molar-refractivity contribution in [1.29, 1.82) is 0 Å². The minimum absolute atomic E-state index is 0.0682. The van der Waals surface area contributed by atoms with Gasteiger partial charge < -0.3 is 10.6 Å². The van der Waals surface area contributed by atoms with E-state index in [1.807, 2.05) is 6.07 Å². The molecule has 8 heteroatoms. The molecule has 2 aromatic rings. The molecule has 2 aromatic carbocycles. The SMILES string of the molecule is CN=C(NCc1ccc([N+](=O)[O-])cc1)NCc1ccc(Cl)cc1Cl. The van der Waals surface area contributed by atoms with E-state index in [0.717, 1.165) is 11.1 Å². The van der Waals surface area contributed by atoms with Gasteiger partial charge in [0.1, 0.15) is 0 Å². The lowest BCUT2D eigenvalue weighted by Crippen LogP contribution is -2.36. The number of nitrogens with one attached hydrogen (secondary N) is 2. The van der Waals surface area contributed by atoms with Crippen LogP contribution in [0.15, 0.2) is 47.5 Å². The van der Waals surface area contributed by atoms with Crippen LogP contribution >= 0.6 is 23.2 Å². The molecule has 0 atom stereocenters. The molecule has 0 radical (unpaired) electrons. The zero-order valence-electron chi connectivity index (χ0n) is 12.9. The van der Waals surface area contributed by atoms with Crippen molar-refractivity contribution in [2.75, 3.05) is 7.05 Å². The van der Waals surface area contributed by atoms with Crippen molar-refractivity contribution in [3.8, 4) is 0 Å². The van der Waals surface area contributed by atoms with Gasteiger partial charge >= 0.3 is 0 Å². The van der Waals surface area contributed by atoms with Crippen LogP contribution in [0.3, 0.4) is 0 Å². The van der Waals surface area contributed by atoms with Crippen LogP contribution in [0.25, 0.3) is 0 Å². The first kappa shape index (κ1) is 18.0. The third-order valence-electron chi connectivity index (χ3n) is 3.29. The Hall–Kier alpha value is -2.31. The summed E-state index contributed by atoms with van der Waals surface area (Å²) >= 11 is 12.0. The number of halogens is 2. The maximum atomic E-state index is 10.6. The molecular weight excluding hydrogens is 351 g/mol. The summed E-state index contributed by atoms with van der Waals surface area (Å²) in [5, 5.41) is 18.1. The van der Waals surface area contributed by atoms with Gasteiger partial charge in [0.15, 0.2) is 5.96 Å². The predicted molar refractivity (Wildman–Crippen MR) is 96.6 cm³/mol. The highest BCUT2D eigenvalue weighted by Crippen LogP contribution is 2.20. The lowest BCUT2D eigenvalue weighted by Gasteiger charge is -2.13. The van der Waals surface area contributed by atoms with Gasteiger partial charge in [0, 0.05) is 42.3 Å². The molecule has 24 heavy (non-hydrogen) atoms. The fourth-order valence-corrected chi connectivity index (χ4v) is 2.46. The van der Waals surface area contributed by atoms with E-state index in [9.17, 15) is 10.1 Å². The van der Waals surface area contributed by atoms with Crippen LogP contribution in [0.4, 0.5) is 5.69 Å². The highest BCUT2D eigenvalue weighted by atomic mass is 35.5. The van der Waals surface area contributed by atoms with Crippen LogP contribution in [-0.2, 0) is 13.1 Å². The first-order chi connectivity index (χ1) is 11.5. The summed E-state index contributed by atoms with van der Waals surface area (Å²) in [7, 11) is 1.66. The van der Waals surface area contributed by atoms with E-state index in [1.54, 1.807) is 31.3 Å². The molecule has 0 aliphatic carbocycles. The van der Waals surface area contributed by atoms with Gasteiger partial charge in [-0.3, -0.25) is 15.1 Å². The molecule has 0 amide bonds. The number of hydrogen-bond donors (Lipinski definition) is 2. The van der Waals surface area contributed by atoms with E-state index in [0.29, 0.717) is 29.1 Å². The number of guanidine groups is 1. The number of nitro groups is 1. The lowest BCUT2D eigenvalue weighted by atomic mass is 10.2. The molecule has 0 aliphatic rings. The standard InChI is InChI=1S/C16H16Cl2N4O2/c1-19-16(21-10-12-4-5-13(17)8-15(12)18)20-9-11-2-6-14(7-3-11)22(23)24/h2-8H,9-10H2,1H3,(H2,19,20,21). The number of non-ortho nitro benzene ring substituents is 1. The molecule has 0 spiro atoms. The number of rotatable bonds is 5. The molecule has 0 saturated carbocycles. The van der Waals surface area contributed by atoms with E-state index in [1.165, 1.54) is 12.1 Å². The molecule has 0 unspecified atom stereocenters. The van der Waals surface area contributed by atoms with Crippen LogP contribution in [0.2, 0.25) is 10.0 Å². The quantitative estimate of drug-likeness (QED) is 0.365. The average molecular weight is 367 g/mol. The van der Waals surface area contributed by atoms with Gasteiger partial charge in [0.2, 0.25) is 0 Å². The summed E-state index contributed by atoms with van der Waals surface area (Å²) in [4.78, 5) is 14.3. The topological polar surface area (TPSA) is 79.6 Å². The molecule has 0 aliphatic heterocycles. The van der Waals surface area contributed by atoms with Crippen molar-refractivity contribution in [3.63, 3.8) is 0 Å². The van der Waals surface area contributed by atoms with Crippen LogP contribution in [0, 0.1) is 10.1 Å². The van der Waals surface area contributed by atoms with E-state index in [4.69, 9.17) is 23.2 Å². The number of hydrogen-bond acceptors (Lipinski definition) is 3. The molecule has 2 rings (SSSR count). The van der Waals surface area contributed by atoms with Crippen LogP contribution in [0.5, 0.6) is 0 Å². The molecule has 0 fully saturated rings. The Morgan fingerprint density at radius 3 is 2.38 bits per heavy atom. The molecule has 0 heterocycles. The second-order valence-corrected chi connectivity index (χ2v) is 5.78. The van der Waals surface area contributed by atoms with Gasteiger partial charge in [-0.05, 0) is 23.3 Å². The Kier molecular flexibility index (Phi) is 6.40. The normalized spacial score (nSPS) is 11.2. The summed E-state index contributed by atoms with van der Waals surface area (Å²) in [6, 6.07) is 11.7. The van der Waals surface area contributed by atoms with E-state index in [-0.39, 0.29) is 5.69 Å². The molecule has 126 valence electrons. The summed E-state index contributed by atoms with van der Waals surface area (Å²) in [6.07, 6.45) is 0. The number of nitrogens with zero attached hydrogens (tertiary/aromatic N) is 2. The van der Waals surface area contributed by atoms with Crippen LogP contribution < -0.4 is 10.6 Å². The van der Waals surface area contributed by atoms with Gasteiger partial charge in [-0.15, -0.1) is 0 Å². The highest BCUT2D eigenvalue weighted by molar-refractivity contribution is 6.35. The number of aliphatic imine (C=N–C) groups is 1. The van der Waals surface area contributed by atoms with Crippen molar-refractivity contribution in [2.24, 2.45) is 4.99 Å². The Morgan fingerprint density at radius 2 is 1.79 bits per heavy atom. The smallest absolute Gasteiger partial charge is 0.269 e. The van der Waals surface area contributed by atoms with Gasteiger partial charge in [0.05, 0.1) is 4.92 Å². The fraction of sp³-hybridized carbons (Fsp3) is 0.188. The first-order valence-corrected chi connectivity index (χ1v) is 7.87. The maximum absolute atomic E-state index is 10.6. The summed E-state index contributed by atoms with van der Waals surface area (Å²) in [5.74, 6) is 0.597. The second-order valence-electron chi connectivity index (χ2n) is 4.94. The molecule has 2 N–H and O–H groups in total. The molecule has 0 saturated heterocycles. The number of nitro benzene ring substituents is 1. The highest BCUT2D eigenvalue weighted by Gasteiger charge is 2.05. The minimum atomic E-state index is -0.423. The van der Waals surface area contributed by atoms with E-state index in [2.05, 4.69) is 15.6 Å². The number of benzene rings is 2. The monoisotopic (exact) mass is 366 g/mol. The minimum Gasteiger partial charge on any atom is -0.352 e. The Morgan fingerprint density at radius 1 is 1.12 bits per heavy atom. The molecular formula is C16H16Cl2N4O2. The largest absolute Gasteiger partial charge is 0.352 e. The lowest BCUT2D eigenvalue weighted by molar-refractivity contribution is -0.384. The fourth-order valence-electron chi connectivity index (χ4n) is 1.99. The summed E-state index contributed by atoms with van der Waals surface area (Å²) in [5.41, 5.74) is 1.88. The second kappa shape index (κ2) is 8.52. The predicted octanol–water partition coefficient (Wildman–Crippen LogP) is 3.77. The maximum Gasteiger partial charge on any atom is 0.269 e. The Labute approximate surface area is 149 Å². The van der Waals surface area contributed by atoms with Crippen molar-refractivity contribution in [3.05, 3.63) is 73.8 Å². The molecule has 6 nitrogen and oxygen atoms in total. The van der Waals surface area contributed by atoms with Crippen LogP contribution in [0.1, 0.15) is 11.1 Å². The van der Waals surface area contributed by atoms with Crippen molar-refractivity contribution < 1.29 is 4.92 Å². The first-order valence-electron chi connectivity index (χ1n) is 7.11. The van der Waals surface area contributed by atoms with Gasteiger partial charge in [-0.2, -0.15) is 0 Å². The third-order valence-corrected chi connectivity index (χ3v) is 3.88. The zero-order chi connectivity index (χ0) is 17.5. The van der Waals surface area contributed by atoms with Gasteiger partial charge in [-0.25, -0.2) is 0 Å². The van der Waals surface area contributed by atoms with Crippen molar-refractivity contribution in [2.45, 2.75) is 13.1 Å². The van der Waals surface area contributed by atoms with Crippen LogP contribution in [-0.4, -0.2) is 17.9 Å². The Bertz CT molecular complexity index is 748. The van der Waals surface area contributed by atoms with Crippen molar-refractivity contribution in [1.82, 2.24) is 10.6 Å². The average Bonchev–Trinajstić information content (AvgIpc) is 2.57. The Balaban J connectivity index is 1.89. The van der Waals surface area contributed by atoms with Gasteiger partial charge in [0.25, 0.3) is 5.69 Å².